The van der Waals surface area contributed by atoms with Crippen LogP contribution in [0.25, 0.3) is 11.1 Å². The van der Waals surface area contributed by atoms with Crippen molar-refractivity contribution in [2.45, 2.75) is 69.8 Å². The Morgan fingerprint density at radius 2 is 1.68 bits per heavy atom. The lowest BCUT2D eigenvalue weighted by molar-refractivity contribution is -0.137. The van der Waals surface area contributed by atoms with Crippen LogP contribution in [0.4, 0.5) is 0 Å². The maximum Gasteiger partial charge on any atom is 0.303 e. The number of aliphatic hydroxyl groups is 1. The number of aliphatic hydroxyl groups excluding tert-OH is 1. The van der Waals surface area contributed by atoms with Gasteiger partial charge < -0.3 is 19.7 Å². The summed E-state index contributed by atoms with van der Waals surface area (Å²) in [4.78, 5) is 13.1. The van der Waals surface area contributed by atoms with Crippen molar-refractivity contribution in [1.82, 2.24) is 4.90 Å². The van der Waals surface area contributed by atoms with Crippen molar-refractivity contribution in [1.29, 1.82) is 0 Å². The van der Waals surface area contributed by atoms with Crippen LogP contribution < -0.4 is 0 Å². The fraction of sp³-hybridized carbons (Fsp3) is 0.516. The van der Waals surface area contributed by atoms with Gasteiger partial charge >= 0.3 is 5.97 Å². The molecule has 2 aromatic carbocycles. The quantitative estimate of drug-likeness (QED) is 0.283. The number of ether oxygens (including phenoxy) is 2. The summed E-state index contributed by atoms with van der Waals surface area (Å²) in [5, 5.41) is 19.8. The van der Waals surface area contributed by atoms with Gasteiger partial charge in [0.15, 0.2) is 0 Å². The van der Waals surface area contributed by atoms with E-state index in [1.807, 2.05) is 6.07 Å². The zero-order chi connectivity index (χ0) is 25.9. The van der Waals surface area contributed by atoms with Gasteiger partial charge in [0.25, 0.3) is 0 Å². The van der Waals surface area contributed by atoms with E-state index in [0.29, 0.717) is 26.2 Å². The number of benzene rings is 2. The molecule has 4 atom stereocenters. The molecule has 6 heteroatoms. The van der Waals surface area contributed by atoms with E-state index in [-0.39, 0.29) is 24.5 Å². The van der Waals surface area contributed by atoms with Crippen LogP contribution in [0.1, 0.15) is 50.5 Å². The highest BCUT2D eigenvalue weighted by Crippen LogP contribution is 2.37. The first-order chi connectivity index (χ1) is 18.1. The predicted molar refractivity (Wildman–Crippen MR) is 145 cm³/mol. The molecule has 1 aliphatic carbocycles. The van der Waals surface area contributed by atoms with Crippen LogP contribution in [0, 0.1) is 5.92 Å². The third-order valence-corrected chi connectivity index (χ3v) is 7.62. The van der Waals surface area contributed by atoms with Gasteiger partial charge in [-0.1, -0.05) is 66.7 Å². The van der Waals surface area contributed by atoms with Crippen LogP contribution in [-0.4, -0.2) is 65.6 Å². The Labute approximate surface area is 220 Å². The van der Waals surface area contributed by atoms with Crippen LogP contribution in [0.2, 0.25) is 0 Å². The number of carboxylic acid groups (broad SMARTS) is 1. The topological polar surface area (TPSA) is 79.2 Å². The zero-order valence-electron chi connectivity index (χ0n) is 21.7. The number of aliphatic carboxylic acids is 1. The minimum atomic E-state index is -0.726. The molecule has 4 rings (SSSR count). The van der Waals surface area contributed by atoms with Crippen molar-refractivity contribution in [2.75, 3.05) is 26.3 Å². The molecule has 0 aromatic heterocycles. The first-order valence-corrected chi connectivity index (χ1v) is 13.7. The lowest BCUT2D eigenvalue weighted by Gasteiger charge is -2.38. The Hall–Kier alpha value is -2.51. The van der Waals surface area contributed by atoms with E-state index in [0.717, 1.165) is 50.8 Å². The molecule has 2 N–H and O–H groups in total. The second-order valence-corrected chi connectivity index (χ2v) is 10.2. The average Bonchev–Trinajstić information content (AvgIpc) is 3.24. The minimum absolute atomic E-state index is 0.0145. The molecular weight excluding hydrogens is 466 g/mol. The van der Waals surface area contributed by atoms with Gasteiger partial charge in [-0.3, -0.25) is 9.69 Å². The number of allylic oxidation sites excluding steroid dienone is 2. The van der Waals surface area contributed by atoms with Crippen LogP contribution >= 0.6 is 0 Å². The van der Waals surface area contributed by atoms with Crippen LogP contribution in [0.15, 0.2) is 66.7 Å². The normalized spacial score (nSPS) is 24.6. The molecule has 0 radical (unpaired) electrons. The third kappa shape index (κ3) is 8.24. The largest absolute Gasteiger partial charge is 0.481 e. The molecule has 0 bridgehead atoms. The van der Waals surface area contributed by atoms with Crippen molar-refractivity contribution in [3.05, 3.63) is 72.3 Å². The van der Waals surface area contributed by atoms with E-state index in [9.17, 15) is 9.90 Å². The van der Waals surface area contributed by atoms with Gasteiger partial charge in [-0.25, -0.2) is 0 Å². The van der Waals surface area contributed by atoms with Crippen LogP contribution in [-0.2, 0) is 20.9 Å². The summed E-state index contributed by atoms with van der Waals surface area (Å²) in [5.41, 5.74) is 3.54. The third-order valence-electron chi connectivity index (χ3n) is 7.62. The van der Waals surface area contributed by atoms with Crippen LogP contribution in [0.5, 0.6) is 0 Å². The standard InChI is InChI=1S/C31H41NO5/c33-28-22-29(37-23-24-14-16-26(17-15-24)25-10-6-5-7-11-25)27(31(28)32-18-20-36-21-19-32)12-8-3-1-2-4-9-13-30(34)35/h1,3,5-7,10-11,14-17,27-29,31,33H,2,4,8-9,12-13,18-23H2,(H,34,35)/b3-1-/t27-,28+,29-,31+/m0/s1. The number of hydrogen-bond donors (Lipinski definition) is 2. The van der Waals surface area contributed by atoms with E-state index in [4.69, 9.17) is 14.6 Å². The highest BCUT2D eigenvalue weighted by Gasteiger charge is 2.45. The Bertz CT molecular complexity index is 971. The summed E-state index contributed by atoms with van der Waals surface area (Å²) in [6.07, 6.45) is 9.32. The molecule has 0 amide bonds. The minimum Gasteiger partial charge on any atom is -0.481 e. The van der Waals surface area contributed by atoms with Crippen LogP contribution in [0.3, 0.4) is 0 Å². The first-order valence-electron chi connectivity index (χ1n) is 13.7. The molecule has 1 saturated carbocycles. The SMILES string of the molecule is O=C(O)CCCC/C=C\CC[C@@H]1[C@@H](N2CCOCC2)[C@H](O)C[C@@H]1OCc1ccc(-c2ccccc2)cc1. The van der Waals surface area contributed by atoms with Crippen molar-refractivity contribution in [2.24, 2.45) is 5.92 Å². The molecule has 37 heavy (non-hydrogen) atoms. The molecule has 0 unspecified atom stereocenters. The summed E-state index contributed by atoms with van der Waals surface area (Å²) < 4.78 is 12.0. The molecule has 1 heterocycles. The Balaban J connectivity index is 1.33. The maximum absolute atomic E-state index is 11.1. The molecule has 1 aliphatic heterocycles. The second-order valence-electron chi connectivity index (χ2n) is 10.2. The molecule has 2 fully saturated rings. The maximum atomic E-state index is 11.1. The molecule has 200 valence electrons. The molecule has 0 spiro atoms. The molecule has 1 saturated heterocycles. The van der Waals surface area contributed by atoms with E-state index in [1.54, 1.807) is 0 Å². The highest BCUT2D eigenvalue weighted by molar-refractivity contribution is 5.66. The second kappa shape index (κ2) is 14.4. The summed E-state index contributed by atoms with van der Waals surface area (Å²) in [5.74, 6) is -0.468. The van der Waals surface area contributed by atoms with Gasteiger partial charge in [-0.15, -0.1) is 0 Å². The lowest BCUT2D eigenvalue weighted by Crippen LogP contribution is -2.50. The summed E-state index contributed by atoms with van der Waals surface area (Å²) in [6.45, 7) is 3.67. The monoisotopic (exact) mass is 507 g/mol. The summed E-state index contributed by atoms with van der Waals surface area (Å²) >= 11 is 0. The van der Waals surface area contributed by atoms with Gasteiger partial charge in [-0.05, 0) is 48.8 Å². The Morgan fingerprint density at radius 3 is 2.41 bits per heavy atom. The predicted octanol–water partition coefficient (Wildman–Crippen LogP) is 5.30. The van der Waals surface area contributed by atoms with Gasteiger partial charge in [0.05, 0.1) is 32.0 Å². The van der Waals surface area contributed by atoms with E-state index >= 15 is 0 Å². The molecule has 6 nitrogen and oxygen atoms in total. The van der Waals surface area contributed by atoms with Crippen molar-refractivity contribution >= 4 is 5.97 Å². The van der Waals surface area contributed by atoms with E-state index in [1.165, 1.54) is 11.1 Å². The molecular formula is C31H41NO5. The Kier molecular flexibility index (Phi) is 10.7. The first kappa shape index (κ1) is 27.5. The van der Waals surface area contributed by atoms with Crippen molar-refractivity contribution in [3.63, 3.8) is 0 Å². The number of unbranched alkanes of at least 4 members (excludes halogenated alkanes) is 2. The fourth-order valence-electron chi connectivity index (χ4n) is 5.69. The van der Waals surface area contributed by atoms with Gasteiger partial charge in [0, 0.05) is 37.9 Å². The number of carboxylic acids is 1. The smallest absolute Gasteiger partial charge is 0.303 e. The lowest BCUT2D eigenvalue weighted by atomic mass is 9.93. The molecule has 2 aromatic rings. The van der Waals surface area contributed by atoms with E-state index < -0.39 is 12.1 Å². The van der Waals surface area contributed by atoms with Gasteiger partial charge in [-0.2, -0.15) is 0 Å². The van der Waals surface area contributed by atoms with E-state index in [2.05, 4.69) is 65.6 Å². The van der Waals surface area contributed by atoms with Gasteiger partial charge in [0.2, 0.25) is 0 Å². The average molecular weight is 508 g/mol. The number of hydrogen-bond acceptors (Lipinski definition) is 5. The highest BCUT2D eigenvalue weighted by atomic mass is 16.5. The number of nitrogens with zero attached hydrogens (tertiary/aromatic N) is 1. The zero-order valence-corrected chi connectivity index (χ0v) is 21.7. The number of morpholine rings is 1. The number of rotatable bonds is 13. The number of carbonyl (C=O) groups is 1. The van der Waals surface area contributed by atoms with Gasteiger partial charge in [0.1, 0.15) is 0 Å². The summed E-state index contributed by atoms with van der Waals surface area (Å²) in [7, 11) is 0. The fourth-order valence-corrected chi connectivity index (χ4v) is 5.69. The molecule has 2 aliphatic rings. The van der Waals surface area contributed by atoms with Crippen molar-refractivity contribution in [3.8, 4) is 11.1 Å². The van der Waals surface area contributed by atoms with Crippen molar-refractivity contribution < 1.29 is 24.5 Å². The summed E-state index contributed by atoms with van der Waals surface area (Å²) in [6, 6.07) is 19.0. The Morgan fingerprint density at radius 1 is 0.973 bits per heavy atom.